The number of hydrogen-bond acceptors (Lipinski definition) is 1. The molecule has 1 rings (SSSR count). The molecular formula is C9H14ClNO. The first-order valence-electron chi connectivity index (χ1n) is 4.18. The fraction of sp³-hybridized carbons (Fsp3) is 0.667. The van der Waals surface area contributed by atoms with Gasteiger partial charge in [0, 0.05) is 11.8 Å². The monoisotopic (exact) mass is 187 g/mol. The predicted octanol–water partition coefficient (Wildman–Crippen LogP) is 1.83. The highest BCUT2D eigenvalue weighted by molar-refractivity contribution is 6.21. The van der Waals surface area contributed by atoms with Gasteiger partial charge in [-0.2, -0.15) is 0 Å². The van der Waals surface area contributed by atoms with Crippen molar-refractivity contribution in [2.75, 3.05) is 0 Å². The number of rotatable bonds is 2. The van der Waals surface area contributed by atoms with E-state index in [2.05, 4.69) is 6.58 Å². The first kappa shape index (κ1) is 9.59. The Balaban J connectivity index is 2.45. The summed E-state index contributed by atoms with van der Waals surface area (Å²) in [5, 5.41) is 0.0544. The number of hydrogen-bond donors (Lipinski definition) is 1. The van der Waals surface area contributed by atoms with Gasteiger partial charge < -0.3 is 5.73 Å². The first-order chi connectivity index (χ1) is 5.59. The molecule has 0 saturated heterocycles. The molecule has 0 radical (unpaired) electrons. The number of carbonyl (C=O) groups excluding carboxylic acids is 1. The van der Waals surface area contributed by atoms with E-state index in [0.717, 1.165) is 19.3 Å². The Labute approximate surface area is 77.8 Å². The van der Waals surface area contributed by atoms with Gasteiger partial charge in [-0.3, -0.25) is 4.79 Å². The lowest BCUT2D eigenvalue weighted by molar-refractivity contribution is -0.119. The minimum Gasteiger partial charge on any atom is -0.370 e. The molecule has 0 aromatic rings. The summed E-state index contributed by atoms with van der Waals surface area (Å²) in [6, 6.07) is 0. The third-order valence-electron chi connectivity index (χ3n) is 2.33. The molecule has 3 heteroatoms. The van der Waals surface area contributed by atoms with E-state index >= 15 is 0 Å². The molecule has 0 spiro atoms. The van der Waals surface area contributed by atoms with Crippen LogP contribution in [0.1, 0.15) is 25.7 Å². The Bertz CT molecular complexity index is 203. The van der Waals surface area contributed by atoms with Gasteiger partial charge in [-0.1, -0.05) is 12.2 Å². The molecule has 2 nitrogen and oxygen atoms in total. The number of carbonyl (C=O) groups is 1. The van der Waals surface area contributed by atoms with Crippen LogP contribution in [0.5, 0.6) is 0 Å². The van der Waals surface area contributed by atoms with Crippen LogP contribution in [0.3, 0.4) is 0 Å². The molecule has 1 amide bonds. The van der Waals surface area contributed by atoms with Crippen LogP contribution >= 0.6 is 11.6 Å². The minimum absolute atomic E-state index is 0.0544. The number of alkyl halides is 1. The van der Waals surface area contributed by atoms with E-state index in [-0.39, 0.29) is 17.2 Å². The third-order valence-corrected chi connectivity index (χ3v) is 2.84. The minimum atomic E-state index is -0.252. The summed E-state index contributed by atoms with van der Waals surface area (Å²) in [4.78, 5) is 10.6. The smallest absolute Gasteiger partial charge is 0.217 e. The molecule has 0 aliphatic heterocycles. The average Bonchev–Trinajstić information content (AvgIpc) is 1.94. The fourth-order valence-corrected chi connectivity index (χ4v) is 2.04. The number of amides is 1. The molecule has 0 aromatic heterocycles. The number of primary amides is 1. The maximum Gasteiger partial charge on any atom is 0.217 e. The van der Waals surface area contributed by atoms with Crippen LogP contribution in [0.4, 0.5) is 0 Å². The average molecular weight is 188 g/mol. The molecule has 68 valence electrons. The molecule has 1 saturated carbocycles. The lowest BCUT2D eigenvalue weighted by Gasteiger charge is -2.27. The zero-order valence-electron chi connectivity index (χ0n) is 7.05. The van der Waals surface area contributed by atoms with Gasteiger partial charge in [-0.15, -0.1) is 11.6 Å². The molecular weight excluding hydrogens is 174 g/mol. The van der Waals surface area contributed by atoms with Gasteiger partial charge in [-0.05, 0) is 25.2 Å². The molecule has 1 aliphatic rings. The van der Waals surface area contributed by atoms with Gasteiger partial charge in [0.2, 0.25) is 5.91 Å². The van der Waals surface area contributed by atoms with Crippen LogP contribution in [0.25, 0.3) is 0 Å². The largest absolute Gasteiger partial charge is 0.370 e. The highest BCUT2D eigenvalue weighted by atomic mass is 35.5. The van der Waals surface area contributed by atoms with E-state index in [1.165, 1.54) is 5.57 Å². The molecule has 0 heterocycles. The van der Waals surface area contributed by atoms with Crippen molar-refractivity contribution in [3.8, 4) is 0 Å². The quantitative estimate of drug-likeness (QED) is 0.520. The zero-order chi connectivity index (χ0) is 9.14. The van der Waals surface area contributed by atoms with Crippen molar-refractivity contribution in [1.82, 2.24) is 0 Å². The lowest BCUT2D eigenvalue weighted by atomic mass is 9.84. The molecule has 1 fully saturated rings. The summed E-state index contributed by atoms with van der Waals surface area (Å²) >= 11 is 6.05. The van der Waals surface area contributed by atoms with E-state index < -0.39 is 0 Å². The summed E-state index contributed by atoms with van der Waals surface area (Å²) in [6.07, 6.45) is 3.19. The van der Waals surface area contributed by atoms with Crippen molar-refractivity contribution < 1.29 is 4.79 Å². The van der Waals surface area contributed by atoms with Crippen LogP contribution in [0, 0.1) is 5.92 Å². The van der Waals surface area contributed by atoms with Crippen molar-refractivity contribution in [2.24, 2.45) is 11.7 Å². The fourth-order valence-electron chi connectivity index (χ4n) is 1.60. The third kappa shape index (κ3) is 2.52. The van der Waals surface area contributed by atoms with Crippen molar-refractivity contribution in [1.29, 1.82) is 0 Å². The molecule has 2 N–H and O–H groups in total. The number of allylic oxidation sites excluding steroid dienone is 1. The van der Waals surface area contributed by atoms with Crippen molar-refractivity contribution in [2.45, 2.75) is 31.1 Å². The SMILES string of the molecule is C=C1CCC(CC(N)=O)C(Cl)C1. The van der Waals surface area contributed by atoms with Gasteiger partial charge in [-0.25, -0.2) is 0 Å². The van der Waals surface area contributed by atoms with Crippen LogP contribution in [-0.4, -0.2) is 11.3 Å². The maximum absolute atomic E-state index is 10.6. The van der Waals surface area contributed by atoms with Gasteiger partial charge in [0.25, 0.3) is 0 Å². The zero-order valence-corrected chi connectivity index (χ0v) is 7.81. The lowest BCUT2D eigenvalue weighted by Crippen LogP contribution is -2.26. The van der Waals surface area contributed by atoms with Gasteiger partial charge >= 0.3 is 0 Å². The Morgan fingerprint density at radius 1 is 1.75 bits per heavy atom. The van der Waals surface area contributed by atoms with E-state index in [1.54, 1.807) is 0 Å². The standard InChI is InChI=1S/C9H14ClNO/c1-6-2-3-7(5-9(11)12)8(10)4-6/h7-8H,1-5H2,(H2,11,12). The van der Waals surface area contributed by atoms with Gasteiger partial charge in [0.1, 0.15) is 0 Å². The maximum atomic E-state index is 10.6. The summed E-state index contributed by atoms with van der Waals surface area (Å²) in [6.45, 7) is 3.88. The summed E-state index contributed by atoms with van der Waals surface area (Å²) in [5.41, 5.74) is 6.29. The van der Waals surface area contributed by atoms with Gasteiger partial charge in [0.15, 0.2) is 0 Å². The molecule has 1 aliphatic carbocycles. The van der Waals surface area contributed by atoms with E-state index in [4.69, 9.17) is 17.3 Å². The molecule has 0 bridgehead atoms. The van der Waals surface area contributed by atoms with E-state index in [1.807, 2.05) is 0 Å². The van der Waals surface area contributed by atoms with Crippen molar-refractivity contribution in [3.63, 3.8) is 0 Å². The molecule has 0 aromatic carbocycles. The Morgan fingerprint density at radius 2 is 2.42 bits per heavy atom. The van der Waals surface area contributed by atoms with Crippen molar-refractivity contribution in [3.05, 3.63) is 12.2 Å². The molecule has 12 heavy (non-hydrogen) atoms. The normalized spacial score (nSPS) is 30.2. The Kier molecular flexibility index (Phi) is 3.15. The Hall–Kier alpha value is -0.500. The van der Waals surface area contributed by atoms with Crippen LogP contribution in [0.2, 0.25) is 0 Å². The summed E-state index contributed by atoms with van der Waals surface area (Å²) in [7, 11) is 0. The highest BCUT2D eigenvalue weighted by Gasteiger charge is 2.25. The van der Waals surface area contributed by atoms with Crippen LogP contribution in [0.15, 0.2) is 12.2 Å². The topological polar surface area (TPSA) is 43.1 Å². The predicted molar refractivity (Wildman–Crippen MR) is 49.9 cm³/mol. The Morgan fingerprint density at radius 3 is 2.92 bits per heavy atom. The second-order valence-electron chi connectivity index (χ2n) is 3.44. The summed E-state index contributed by atoms with van der Waals surface area (Å²) < 4.78 is 0. The molecule has 2 atom stereocenters. The second kappa shape index (κ2) is 3.94. The van der Waals surface area contributed by atoms with Crippen LogP contribution < -0.4 is 5.73 Å². The first-order valence-corrected chi connectivity index (χ1v) is 4.62. The van der Waals surface area contributed by atoms with Crippen LogP contribution in [-0.2, 0) is 4.79 Å². The number of halogens is 1. The van der Waals surface area contributed by atoms with Gasteiger partial charge in [0.05, 0.1) is 0 Å². The van der Waals surface area contributed by atoms with E-state index in [0.29, 0.717) is 6.42 Å². The van der Waals surface area contributed by atoms with E-state index in [9.17, 15) is 4.79 Å². The second-order valence-corrected chi connectivity index (χ2v) is 4.00. The molecule has 2 unspecified atom stereocenters. The van der Waals surface area contributed by atoms with Crippen molar-refractivity contribution >= 4 is 17.5 Å². The number of nitrogens with two attached hydrogens (primary N) is 1. The summed E-state index contributed by atoms with van der Waals surface area (Å²) in [5.74, 6) is 0.00725. The highest BCUT2D eigenvalue weighted by Crippen LogP contribution is 2.33.